The molecule has 0 fully saturated rings. The molecule has 0 saturated carbocycles. The first-order valence-electron chi connectivity index (χ1n) is 3.48. The minimum Gasteiger partial charge on any atom is -0.394 e. The van der Waals surface area contributed by atoms with Crippen LogP contribution in [0.25, 0.3) is 0 Å². The van der Waals surface area contributed by atoms with Gasteiger partial charge in [0.15, 0.2) is 0 Å². The van der Waals surface area contributed by atoms with Gasteiger partial charge in [0, 0.05) is 0 Å². The van der Waals surface area contributed by atoms with Gasteiger partial charge in [0.05, 0.1) is 13.2 Å². The SMILES string of the molecule is I.OC[C@@H](O)[C@@H](O)[C@H](O)[C@@H](O)CO. The van der Waals surface area contributed by atoms with E-state index in [0.717, 1.165) is 0 Å². The Kier molecular flexibility index (Phi) is 9.63. The van der Waals surface area contributed by atoms with Crippen molar-refractivity contribution in [3.05, 3.63) is 0 Å². The zero-order valence-corrected chi connectivity index (χ0v) is 9.15. The maximum Gasteiger partial charge on any atom is 0.111 e. The van der Waals surface area contributed by atoms with Crippen LogP contribution >= 0.6 is 24.0 Å². The van der Waals surface area contributed by atoms with Crippen molar-refractivity contribution < 1.29 is 30.6 Å². The molecule has 0 aliphatic carbocycles. The summed E-state index contributed by atoms with van der Waals surface area (Å²) < 4.78 is 0. The molecule has 0 amide bonds. The molecule has 0 bridgehead atoms. The van der Waals surface area contributed by atoms with Gasteiger partial charge in [-0.15, -0.1) is 24.0 Å². The summed E-state index contributed by atoms with van der Waals surface area (Å²) in [6.07, 6.45) is -6.39. The van der Waals surface area contributed by atoms with Gasteiger partial charge in [0.1, 0.15) is 24.4 Å². The lowest BCUT2D eigenvalue weighted by Gasteiger charge is -2.24. The quantitative estimate of drug-likeness (QED) is 0.302. The minimum absolute atomic E-state index is 0. The molecule has 6 nitrogen and oxygen atoms in total. The number of hydrogen-bond acceptors (Lipinski definition) is 6. The molecule has 0 radical (unpaired) electrons. The Morgan fingerprint density at radius 2 is 0.923 bits per heavy atom. The van der Waals surface area contributed by atoms with Gasteiger partial charge in [-0.1, -0.05) is 0 Å². The molecule has 0 saturated heterocycles. The molecule has 82 valence electrons. The van der Waals surface area contributed by atoms with E-state index in [0.29, 0.717) is 0 Å². The molecule has 13 heavy (non-hydrogen) atoms. The Hall–Kier alpha value is 0.490. The molecule has 4 atom stereocenters. The molecule has 0 rings (SSSR count). The number of hydrogen-bond donors (Lipinski definition) is 6. The van der Waals surface area contributed by atoms with E-state index in [1.54, 1.807) is 0 Å². The van der Waals surface area contributed by atoms with Crippen molar-refractivity contribution in [2.24, 2.45) is 0 Å². The number of aliphatic hydroxyl groups excluding tert-OH is 6. The lowest BCUT2D eigenvalue weighted by molar-refractivity contribution is -0.123. The summed E-state index contributed by atoms with van der Waals surface area (Å²) in [5.41, 5.74) is 0. The fourth-order valence-corrected chi connectivity index (χ4v) is 0.671. The summed E-state index contributed by atoms with van der Waals surface area (Å²) in [6, 6.07) is 0. The Morgan fingerprint density at radius 3 is 1.08 bits per heavy atom. The maximum absolute atomic E-state index is 8.96. The third kappa shape index (κ3) is 5.05. The predicted molar refractivity (Wildman–Crippen MR) is 53.6 cm³/mol. The summed E-state index contributed by atoms with van der Waals surface area (Å²) in [5, 5.41) is 52.2. The third-order valence-corrected chi connectivity index (χ3v) is 1.51. The predicted octanol–water partition coefficient (Wildman–Crippen LogP) is -2.97. The average Bonchev–Trinajstić information content (AvgIpc) is 2.12. The Labute approximate surface area is 92.5 Å². The van der Waals surface area contributed by atoms with Crippen molar-refractivity contribution in [1.29, 1.82) is 0 Å². The first-order chi connectivity index (χ1) is 5.54. The van der Waals surface area contributed by atoms with Crippen LogP contribution in [0.2, 0.25) is 0 Å². The van der Waals surface area contributed by atoms with Gasteiger partial charge in [-0.2, -0.15) is 0 Å². The van der Waals surface area contributed by atoms with Crippen LogP contribution < -0.4 is 0 Å². The molecule has 0 aromatic carbocycles. The van der Waals surface area contributed by atoms with Crippen LogP contribution in [0.1, 0.15) is 0 Å². The second-order valence-corrected chi connectivity index (χ2v) is 2.48. The Bertz CT molecular complexity index is 110. The maximum atomic E-state index is 8.96. The zero-order chi connectivity index (χ0) is 9.72. The van der Waals surface area contributed by atoms with E-state index in [9.17, 15) is 0 Å². The fourth-order valence-electron chi connectivity index (χ4n) is 0.671. The standard InChI is InChI=1S/C6H14O6.HI/c7-1-3(9)5(11)6(12)4(10)2-8;/h3-12H,1-2H2;1H/t3-,4+,5-,6-;/m1./s1. The van der Waals surface area contributed by atoms with Gasteiger partial charge >= 0.3 is 0 Å². The summed E-state index contributed by atoms with van der Waals surface area (Å²) in [4.78, 5) is 0. The molecule has 0 aromatic rings. The normalized spacial score (nSPS) is 19.8. The molecule has 0 aliphatic rings. The highest BCUT2D eigenvalue weighted by atomic mass is 127. The summed E-state index contributed by atoms with van der Waals surface area (Å²) in [7, 11) is 0. The van der Waals surface area contributed by atoms with Crippen molar-refractivity contribution in [3.63, 3.8) is 0 Å². The largest absolute Gasteiger partial charge is 0.394 e. The molecule has 0 spiro atoms. The molecule has 0 aromatic heterocycles. The molecule has 7 heteroatoms. The van der Waals surface area contributed by atoms with Crippen molar-refractivity contribution in [2.75, 3.05) is 13.2 Å². The van der Waals surface area contributed by atoms with Crippen LogP contribution in [0.5, 0.6) is 0 Å². The van der Waals surface area contributed by atoms with Crippen LogP contribution in [0.15, 0.2) is 0 Å². The van der Waals surface area contributed by atoms with Crippen LogP contribution in [-0.2, 0) is 0 Å². The van der Waals surface area contributed by atoms with Gasteiger partial charge in [-0.05, 0) is 0 Å². The second-order valence-electron chi connectivity index (χ2n) is 2.48. The smallest absolute Gasteiger partial charge is 0.111 e. The van der Waals surface area contributed by atoms with E-state index >= 15 is 0 Å². The zero-order valence-electron chi connectivity index (χ0n) is 6.82. The molecular formula is C6H15IO6. The monoisotopic (exact) mass is 310 g/mol. The topological polar surface area (TPSA) is 121 Å². The van der Waals surface area contributed by atoms with Crippen LogP contribution in [0.4, 0.5) is 0 Å². The van der Waals surface area contributed by atoms with Gasteiger partial charge in [-0.25, -0.2) is 0 Å². The van der Waals surface area contributed by atoms with E-state index < -0.39 is 37.6 Å². The highest BCUT2D eigenvalue weighted by Crippen LogP contribution is 2.03. The summed E-state index contributed by atoms with van der Waals surface area (Å²) >= 11 is 0. The van der Waals surface area contributed by atoms with E-state index in [4.69, 9.17) is 30.6 Å². The lowest BCUT2D eigenvalue weighted by Crippen LogP contribution is -2.46. The van der Waals surface area contributed by atoms with Gasteiger partial charge in [-0.3, -0.25) is 0 Å². The summed E-state index contributed by atoms with van der Waals surface area (Å²) in [5.74, 6) is 0. The van der Waals surface area contributed by atoms with Gasteiger partial charge < -0.3 is 30.6 Å². The van der Waals surface area contributed by atoms with E-state index in [-0.39, 0.29) is 24.0 Å². The van der Waals surface area contributed by atoms with Gasteiger partial charge in [0.25, 0.3) is 0 Å². The van der Waals surface area contributed by atoms with Crippen molar-refractivity contribution >= 4 is 24.0 Å². The number of aliphatic hydroxyl groups is 6. The first kappa shape index (κ1) is 15.9. The minimum atomic E-state index is -1.67. The fraction of sp³-hybridized carbons (Fsp3) is 1.00. The van der Waals surface area contributed by atoms with Crippen molar-refractivity contribution in [2.45, 2.75) is 24.4 Å². The molecule has 6 N–H and O–H groups in total. The number of rotatable bonds is 5. The van der Waals surface area contributed by atoms with Crippen LogP contribution in [-0.4, -0.2) is 68.3 Å². The highest BCUT2D eigenvalue weighted by Gasteiger charge is 2.29. The molecule has 0 heterocycles. The highest BCUT2D eigenvalue weighted by molar-refractivity contribution is 14.0. The second kappa shape index (κ2) is 7.85. The van der Waals surface area contributed by atoms with Gasteiger partial charge in [0.2, 0.25) is 0 Å². The Morgan fingerprint density at radius 1 is 0.692 bits per heavy atom. The average molecular weight is 310 g/mol. The van der Waals surface area contributed by atoms with Crippen LogP contribution in [0.3, 0.4) is 0 Å². The first-order valence-corrected chi connectivity index (χ1v) is 3.48. The van der Waals surface area contributed by atoms with Crippen molar-refractivity contribution in [1.82, 2.24) is 0 Å². The van der Waals surface area contributed by atoms with E-state index in [1.165, 1.54) is 0 Å². The van der Waals surface area contributed by atoms with E-state index in [2.05, 4.69) is 0 Å². The van der Waals surface area contributed by atoms with Crippen LogP contribution in [0, 0.1) is 0 Å². The lowest BCUT2D eigenvalue weighted by atomic mass is 10.0. The molecule has 0 unspecified atom stereocenters. The molecular weight excluding hydrogens is 295 g/mol. The third-order valence-electron chi connectivity index (χ3n) is 1.51. The van der Waals surface area contributed by atoms with E-state index in [1.807, 2.05) is 0 Å². The number of halogens is 1. The Balaban J connectivity index is 0. The molecule has 0 aliphatic heterocycles. The van der Waals surface area contributed by atoms with Crippen molar-refractivity contribution in [3.8, 4) is 0 Å². The summed E-state index contributed by atoms with van der Waals surface area (Å²) in [6.45, 7) is -1.45.